The maximum atomic E-state index is 12.4. The smallest absolute Gasteiger partial charge is 0.362 e. The summed E-state index contributed by atoms with van der Waals surface area (Å²) in [5, 5.41) is 6.65. The van der Waals surface area contributed by atoms with E-state index >= 15 is 0 Å². The molecule has 0 aliphatic carbocycles. The van der Waals surface area contributed by atoms with Crippen LogP contribution in [0.2, 0.25) is 0 Å². The first-order valence-electron chi connectivity index (χ1n) is 6.61. The summed E-state index contributed by atoms with van der Waals surface area (Å²) in [5.74, 6) is 0. The fourth-order valence-electron chi connectivity index (χ4n) is 1.64. The van der Waals surface area contributed by atoms with Crippen molar-refractivity contribution in [3.63, 3.8) is 0 Å². The summed E-state index contributed by atoms with van der Waals surface area (Å²) in [4.78, 5) is 2.04. The highest BCUT2D eigenvalue weighted by atomic mass is 32.1. The van der Waals surface area contributed by atoms with Gasteiger partial charge in [-0.25, -0.2) is 0 Å². The van der Waals surface area contributed by atoms with Crippen molar-refractivity contribution < 1.29 is 13.2 Å². The lowest BCUT2D eigenvalue weighted by molar-refractivity contribution is -0.137. The molecule has 7 heteroatoms. The van der Waals surface area contributed by atoms with Crippen LogP contribution in [0.5, 0.6) is 0 Å². The van der Waals surface area contributed by atoms with Crippen molar-refractivity contribution >= 4 is 17.3 Å². The second-order valence-electron chi connectivity index (χ2n) is 4.93. The van der Waals surface area contributed by atoms with Crippen molar-refractivity contribution in [1.29, 1.82) is 0 Å². The zero-order chi connectivity index (χ0) is 15.9. The number of rotatable bonds is 6. The number of alkyl halides is 3. The van der Waals surface area contributed by atoms with E-state index in [1.54, 1.807) is 0 Å². The molecular formula is C14H20F3N3S. The average Bonchev–Trinajstić information content (AvgIpc) is 2.38. The van der Waals surface area contributed by atoms with Crippen LogP contribution in [0.4, 0.5) is 13.2 Å². The summed E-state index contributed by atoms with van der Waals surface area (Å²) < 4.78 is 37.2. The van der Waals surface area contributed by atoms with Crippen LogP contribution in [0.1, 0.15) is 11.1 Å². The van der Waals surface area contributed by atoms with Gasteiger partial charge in [-0.3, -0.25) is 0 Å². The predicted molar refractivity (Wildman–Crippen MR) is 82.3 cm³/mol. The van der Waals surface area contributed by atoms with Gasteiger partial charge < -0.3 is 15.5 Å². The standard InChI is InChI=1S/C14H20F3N3S/c1-20(2)10-9-19-13(21)18-8-7-11-3-5-12(6-4-11)14(15,16)17/h3-6H,7-10H2,1-2H3,(H2,18,19,21). The Morgan fingerprint density at radius 3 is 2.19 bits per heavy atom. The van der Waals surface area contributed by atoms with Gasteiger partial charge in [-0.15, -0.1) is 0 Å². The van der Waals surface area contributed by atoms with E-state index in [0.717, 1.165) is 30.8 Å². The third-order valence-corrected chi connectivity index (χ3v) is 3.11. The van der Waals surface area contributed by atoms with Crippen molar-refractivity contribution in [1.82, 2.24) is 15.5 Å². The number of benzene rings is 1. The van der Waals surface area contributed by atoms with E-state index in [2.05, 4.69) is 10.6 Å². The van der Waals surface area contributed by atoms with E-state index in [1.807, 2.05) is 19.0 Å². The number of hydrogen-bond donors (Lipinski definition) is 2. The molecule has 0 aromatic heterocycles. The first-order valence-corrected chi connectivity index (χ1v) is 7.02. The van der Waals surface area contributed by atoms with Crippen LogP contribution in [0.3, 0.4) is 0 Å². The number of likely N-dealkylation sites (N-methyl/N-ethyl adjacent to an activating group) is 1. The number of nitrogens with zero attached hydrogens (tertiary/aromatic N) is 1. The zero-order valence-electron chi connectivity index (χ0n) is 12.1. The van der Waals surface area contributed by atoms with Crippen molar-refractivity contribution in [2.75, 3.05) is 33.7 Å². The third-order valence-electron chi connectivity index (χ3n) is 2.83. The van der Waals surface area contributed by atoms with Gasteiger partial charge in [-0.1, -0.05) is 12.1 Å². The lowest BCUT2D eigenvalue weighted by Gasteiger charge is -2.13. The number of halogens is 3. The van der Waals surface area contributed by atoms with Crippen molar-refractivity contribution in [2.24, 2.45) is 0 Å². The van der Waals surface area contributed by atoms with Crippen LogP contribution >= 0.6 is 12.2 Å². The van der Waals surface area contributed by atoms with E-state index in [0.29, 0.717) is 18.1 Å². The molecule has 0 unspecified atom stereocenters. The van der Waals surface area contributed by atoms with Crippen LogP contribution in [0.25, 0.3) is 0 Å². The van der Waals surface area contributed by atoms with E-state index in [4.69, 9.17) is 12.2 Å². The predicted octanol–water partition coefficient (Wildman–Crippen LogP) is 2.27. The molecule has 0 fully saturated rings. The molecule has 118 valence electrons. The molecule has 0 aliphatic heterocycles. The molecule has 0 bridgehead atoms. The summed E-state index contributed by atoms with van der Waals surface area (Å²) >= 11 is 5.10. The molecule has 0 saturated heterocycles. The maximum absolute atomic E-state index is 12.4. The van der Waals surface area contributed by atoms with Crippen molar-refractivity contribution in [2.45, 2.75) is 12.6 Å². The average molecular weight is 319 g/mol. The fraction of sp³-hybridized carbons (Fsp3) is 0.500. The van der Waals surface area contributed by atoms with Crippen molar-refractivity contribution in [3.8, 4) is 0 Å². The molecule has 0 aliphatic rings. The SMILES string of the molecule is CN(C)CCNC(=S)NCCc1ccc(C(F)(F)F)cc1. The van der Waals surface area contributed by atoms with Crippen LogP contribution in [0.15, 0.2) is 24.3 Å². The number of nitrogens with one attached hydrogen (secondary N) is 2. The molecule has 2 N–H and O–H groups in total. The van der Waals surface area contributed by atoms with E-state index in [9.17, 15) is 13.2 Å². The van der Waals surface area contributed by atoms with E-state index in [-0.39, 0.29) is 0 Å². The van der Waals surface area contributed by atoms with Gasteiger partial charge in [0.05, 0.1) is 5.56 Å². The third kappa shape index (κ3) is 7.29. The van der Waals surface area contributed by atoms with Crippen LogP contribution in [-0.2, 0) is 12.6 Å². The van der Waals surface area contributed by atoms with Gasteiger partial charge in [0, 0.05) is 19.6 Å². The minimum absolute atomic E-state index is 0.559. The fourth-order valence-corrected chi connectivity index (χ4v) is 1.84. The topological polar surface area (TPSA) is 27.3 Å². The number of thiocarbonyl (C=S) groups is 1. The zero-order valence-corrected chi connectivity index (χ0v) is 12.9. The molecule has 1 rings (SSSR count). The Bertz CT molecular complexity index is 444. The highest BCUT2D eigenvalue weighted by molar-refractivity contribution is 7.80. The van der Waals surface area contributed by atoms with Gasteiger partial charge in [-0.05, 0) is 50.4 Å². The summed E-state index contributed by atoms with van der Waals surface area (Å²) in [6.45, 7) is 2.21. The first-order chi connectivity index (χ1) is 9.79. The normalized spacial score (nSPS) is 11.5. The molecule has 21 heavy (non-hydrogen) atoms. The molecule has 0 heterocycles. The van der Waals surface area contributed by atoms with Crippen LogP contribution in [0, 0.1) is 0 Å². The minimum atomic E-state index is -4.28. The molecular weight excluding hydrogens is 299 g/mol. The molecule has 3 nitrogen and oxygen atoms in total. The summed E-state index contributed by atoms with van der Waals surface area (Å²) in [5.41, 5.74) is 0.215. The molecule has 1 aromatic carbocycles. The Hall–Kier alpha value is -1.34. The Kier molecular flexibility index (Phi) is 6.91. The lowest BCUT2D eigenvalue weighted by Crippen LogP contribution is -2.39. The van der Waals surface area contributed by atoms with Gasteiger partial charge in [0.15, 0.2) is 5.11 Å². The second kappa shape index (κ2) is 8.19. The monoisotopic (exact) mass is 319 g/mol. The molecule has 0 amide bonds. The van der Waals surface area contributed by atoms with Gasteiger partial charge in [0.1, 0.15) is 0 Å². The highest BCUT2D eigenvalue weighted by Crippen LogP contribution is 2.29. The van der Waals surface area contributed by atoms with Gasteiger partial charge in [0.25, 0.3) is 0 Å². The summed E-state index contributed by atoms with van der Waals surface area (Å²) in [6, 6.07) is 5.19. The lowest BCUT2D eigenvalue weighted by atomic mass is 10.1. The highest BCUT2D eigenvalue weighted by Gasteiger charge is 2.29. The first kappa shape index (κ1) is 17.7. The van der Waals surface area contributed by atoms with E-state index in [1.165, 1.54) is 12.1 Å². The molecule has 1 aromatic rings. The van der Waals surface area contributed by atoms with Crippen molar-refractivity contribution in [3.05, 3.63) is 35.4 Å². The molecule has 0 spiro atoms. The summed E-state index contributed by atoms with van der Waals surface area (Å²) in [7, 11) is 3.95. The Labute approximate surface area is 128 Å². The molecule has 0 atom stereocenters. The summed E-state index contributed by atoms with van der Waals surface area (Å²) in [6.07, 6.45) is -3.66. The quantitative estimate of drug-likeness (QED) is 0.787. The van der Waals surface area contributed by atoms with Gasteiger partial charge in [0.2, 0.25) is 0 Å². The van der Waals surface area contributed by atoms with Gasteiger partial charge >= 0.3 is 6.18 Å². The number of hydrogen-bond acceptors (Lipinski definition) is 2. The Morgan fingerprint density at radius 2 is 1.67 bits per heavy atom. The largest absolute Gasteiger partial charge is 0.416 e. The molecule has 0 saturated carbocycles. The Balaban J connectivity index is 2.28. The second-order valence-corrected chi connectivity index (χ2v) is 5.34. The molecule has 0 radical (unpaired) electrons. The van der Waals surface area contributed by atoms with Crippen LogP contribution < -0.4 is 10.6 Å². The van der Waals surface area contributed by atoms with Gasteiger partial charge in [-0.2, -0.15) is 13.2 Å². The van der Waals surface area contributed by atoms with E-state index < -0.39 is 11.7 Å². The maximum Gasteiger partial charge on any atom is 0.416 e. The van der Waals surface area contributed by atoms with Crippen LogP contribution in [-0.4, -0.2) is 43.7 Å². The minimum Gasteiger partial charge on any atom is -0.362 e. The Morgan fingerprint density at radius 1 is 1.10 bits per heavy atom.